The van der Waals surface area contributed by atoms with E-state index >= 15 is 0 Å². The number of carbonyl (C=O) groups is 2. The Morgan fingerprint density at radius 1 is 1.34 bits per heavy atom. The highest BCUT2D eigenvalue weighted by Crippen LogP contribution is 2.28. The lowest BCUT2D eigenvalue weighted by Gasteiger charge is -2.16. The molecule has 3 rings (SSSR count). The molecule has 2 heterocycles. The molecule has 0 aliphatic heterocycles. The van der Waals surface area contributed by atoms with Crippen LogP contribution < -0.4 is 10.1 Å². The van der Waals surface area contributed by atoms with Crippen molar-refractivity contribution in [1.29, 1.82) is 0 Å². The Morgan fingerprint density at radius 3 is 2.74 bits per heavy atom. The van der Waals surface area contributed by atoms with Gasteiger partial charge in [0.2, 0.25) is 5.91 Å². The maximum absolute atomic E-state index is 12.5. The molecule has 3 aromatic rings. The average molecular weight is 535 g/mol. The van der Waals surface area contributed by atoms with Crippen molar-refractivity contribution in [2.75, 3.05) is 25.2 Å². The van der Waals surface area contributed by atoms with Crippen molar-refractivity contribution in [3.05, 3.63) is 57.8 Å². The zero-order chi connectivity index (χ0) is 25.7. The Morgan fingerprint density at radius 2 is 2.09 bits per heavy atom. The number of hydrogen-bond acceptors (Lipinski definition) is 8. The van der Waals surface area contributed by atoms with Gasteiger partial charge in [-0.1, -0.05) is 40.8 Å². The molecule has 2 aromatic heterocycles. The molecule has 0 fully saturated rings. The number of allylic oxidation sites excluding steroid dienone is 1. The van der Waals surface area contributed by atoms with Gasteiger partial charge in [-0.05, 0) is 44.5 Å². The Balaban J connectivity index is 1.66. The molecule has 0 aliphatic rings. The van der Waals surface area contributed by atoms with Crippen molar-refractivity contribution in [2.24, 2.45) is 0 Å². The highest BCUT2D eigenvalue weighted by atomic mass is 35.5. The molecule has 1 N–H and O–H groups in total. The van der Waals surface area contributed by atoms with Crippen LogP contribution >= 0.6 is 34.7 Å². The van der Waals surface area contributed by atoms with Crippen molar-refractivity contribution < 1.29 is 14.3 Å². The molecule has 0 radical (unpaired) electrons. The van der Waals surface area contributed by atoms with Crippen molar-refractivity contribution >= 4 is 51.6 Å². The fourth-order valence-electron chi connectivity index (χ4n) is 3.09. The summed E-state index contributed by atoms with van der Waals surface area (Å²) in [5.74, 6) is 0.972. The lowest BCUT2D eigenvalue weighted by atomic mass is 10.2. The van der Waals surface area contributed by atoms with Crippen LogP contribution in [0.4, 0.5) is 5.13 Å². The number of carbonyl (C=O) groups excluding carboxylic acids is 2. The number of aromatic nitrogens is 4. The molecule has 186 valence electrons. The number of hydrogen-bond donors (Lipinski definition) is 1. The SMILES string of the molecule is C=CCn1c(SCC(=O)Nc2nc(C)c(C(=O)N(C)C)s2)nnc1C(C)Oc1ccc(Cl)c(C)c1. The molecule has 12 heteroatoms. The summed E-state index contributed by atoms with van der Waals surface area (Å²) in [4.78, 5) is 31.0. The molecule has 9 nitrogen and oxygen atoms in total. The van der Waals surface area contributed by atoms with Gasteiger partial charge in [-0.3, -0.25) is 14.2 Å². The Bertz CT molecular complexity index is 1240. The third kappa shape index (κ3) is 6.62. The number of aryl methyl sites for hydroxylation is 2. The van der Waals surface area contributed by atoms with Gasteiger partial charge in [-0.15, -0.1) is 16.8 Å². The Hall–Kier alpha value is -2.89. The number of anilines is 1. The summed E-state index contributed by atoms with van der Waals surface area (Å²) in [5.41, 5.74) is 1.50. The van der Waals surface area contributed by atoms with Crippen LogP contribution in [0.1, 0.15) is 39.8 Å². The van der Waals surface area contributed by atoms with Crippen molar-refractivity contribution in [2.45, 2.75) is 38.6 Å². The van der Waals surface area contributed by atoms with Gasteiger partial charge >= 0.3 is 0 Å². The van der Waals surface area contributed by atoms with Crippen LogP contribution in [0.25, 0.3) is 0 Å². The van der Waals surface area contributed by atoms with E-state index in [9.17, 15) is 9.59 Å². The molecule has 0 saturated heterocycles. The monoisotopic (exact) mass is 534 g/mol. The highest BCUT2D eigenvalue weighted by Gasteiger charge is 2.21. The first kappa shape index (κ1) is 26.7. The van der Waals surface area contributed by atoms with Crippen LogP contribution in [0, 0.1) is 13.8 Å². The number of ether oxygens (including phenoxy) is 1. The second kappa shape index (κ2) is 11.7. The molecular formula is C23H27ClN6O3S2. The van der Waals surface area contributed by atoms with Crippen LogP contribution in [0.5, 0.6) is 5.75 Å². The lowest BCUT2D eigenvalue weighted by Crippen LogP contribution is -2.21. The predicted molar refractivity (Wildman–Crippen MR) is 140 cm³/mol. The van der Waals surface area contributed by atoms with Crippen LogP contribution in [0.3, 0.4) is 0 Å². The maximum Gasteiger partial charge on any atom is 0.265 e. The molecule has 0 saturated carbocycles. The minimum atomic E-state index is -0.392. The highest BCUT2D eigenvalue weighted by molar-refractivity contribution is 7.99. The molecule has 2 amide bonds. The molecule has 0 spiro atoms. The van der Waals surface area contributed by atoms with Gasteiger partial charge in [0.25, 0.3) is 5.91 Å². The second-order valence-corrected chi connectivity index (χ2v) is 10.2. The van der Waals surface area contributed by atoms with Crippen LogP contribution in [0.15, 0.2) is 36.0 Å². The number of benzene rings is 1. The van der Waals surface area contributed by atoms with E-state index in [2.05, 4.69) is 27.1 Å². The minimum absolute atomic E-state index is 0.0937. The van der Waals surface area contributed by atoms with Gasteiger partial charge < -0.3 is 15.0 Å². The van der Waals surface area contributed by atoms with Gasteiger partial charge in [0.1, 0.15) is 10.6 Å². The maximum atomic E-state index is 12.5. The lowest BCUT2D eigenvalue weighted by molar-refractivity contribution is -0.113. The summed E-state index contributed by atoms with van der Waals surface area (Å²) in [5, 5.41) is 12.9. The first-order valence-corrected chi connectivity index (χ1v) is 12.9. The summed E-state index contributed by atoms with van der Waals surface area (Å²) in [6, 6.07) is 5.46. The van der Waals surface area contributed by atoms with E-state index in [1.165, 1.54) is 16.7 Å². The largest absolute Gasteiger partial charge is 0.483 e. The number of nitrogens with one attached hydrogen (secondary N) is 1. The smallest absolute Gasteiger partial charge is 0.265 e. The fraction of sp³-hybridized carbons (Fsp3) is 0.348. The summed E-state index contributed by atoms with van der Waals surface area (Å²) in [7, 11) is 3.35. The summed E-state index contributed by atoms with van der Waals surface area (Å²) < 4.78 is 7.91. The van der Waals surface area contributed by atoms with E-state index in [4.69, 9.17) is 16.3 Å². The van der Waals surface area contributed by atoms with E-state index < -0.39 is 6.10 Å². The molecule has 1 aromatic carbocycles. The first-order chi connectivity index (χ1) is 16.6. The Labute approximate surface area is 217 Å². The molecular weight excluding hydrogens is 508 g/mol. The number of thiazole rings is 1. The van der Waals surface area contributed by atoms with Crippen LogP contribution in [-0.4, -0.2) is 56.3 Å². The van der Waals surface area contributed by atoms with Crippen LogP contribution in [0.2, 0.25) is 5.02 Å². The normalized spacial score (nSPS) is 11.7. The predicted octanol–water partition coefficient (Wildman–Crippen LogP) is 4.76. The number of nitrogens with zero attached hydrogens (tertiary/aromatic N) is 5. The fourth-order valence-corrected chi connectivity index (χ4v) is 4.97. The first-order valence-electron chi connectivity index (χ1n) is 10.7. The van der Waals surface area contributed by atoms with E-state index in [0.717, 1.165) is 16.9 Å². The van der Waals surface area contributed by atoms with Crippen molar-refractivity contribution in [3.63, 3.8) is 0 Å². The number of rotatable bonds is 10. The zero-order valence-electron chi connectivity index (χ0n) is 20.2. The molecule has 0 aliphatic carbocycles. The van der Waals surface area contributed by atoms with Gasteiger partial charge in [0.05, 0.1) is 11.4 Å². The van der Waals surface area contributed by atoms with Gasteiger partial charge in [0.15, 0.2) is 22.2 Å². The molecule has 1 atom stereocenters. The molecule has 1 unspecified atom stereocenters. The van der Waals surface area contributed by atoms with E-state index in [-0.39, 0.29) is 17.6 Å². The van der Waals surface area contributed by atoms with E-state index in [1.54, 1.807) is 39.2 Å². The number of thioether (sulfide) groups is 1. The quantitative estimate of drug-likeness (QED) is 0.295. The Kier molecular flexibility index (Phi) is 8.92. The number of halogens is 1. The second-order valence-electron chi connectivity index (χ2n) is 7.88. The molecule has 0 bridgehead atoms. The van der Waals surface area contributed by atoms with Crippen molar-refractivity contribution in [3.8, 4) is 5.75 Å². The standard InChI is InChI=1S/C23H27ClN6O3S2/c1-7-10-30-20(15(4)33-16-8-9-17(24)13(2)11-16)27-28-23(30)34-12-18(31)26-22-25-14(3)19(35-22)21(32)29(5)6/h7-9,11,15H,1,10,12H2,2-6H3,(H,25,26,31). The van der Waals surface area contributed by atoms with Gasteiger partial charge in [0, 0.05) is 25.7 Å². The summed E-state index contributed by atoms with van der Waals surface area (Å²) in [6.07, 6.45) is 1.34. The van der Waals surface area contributed by atoms with Gasteiger partial charge in [-0.2, -0.15) is 0 Å². The topological polar surface area (TPSA) is 102 Å². The molecule has 35 heavy (non-hydrogen) atoms. The minimum Gasteiger partial charge on any atom is -0.483 e. The zero-order valence-corrected chi connectivity index (χ0v) is 22.6. The third-order valence-corrected chi connectivity index (χ3v) is 7.29. The van der Waals surface area contributed by atoms with Gasteiger partial charge in [-0.25, -0.2) is 4.98 Å². The average Bonchev–Trinajstić information content (AvgIpc) is 3.37. The summed E-state index contributed by atoms with van der Waals surface area (Å²) in [6.45, 7) is 9.81. The summed E-state index contributed by atoms with van der Waals surface area (Å²) >= 11 is 8.50. The number of amides is 2. The third-order valence-electron chi connectivity index (χ3n) is 4.84. The van der Waals surface area contributed by atoms with Crippen LogP contribution in [-0.2, 0) is 11.3 Å². The van der Waals surface area contributed by atoms with E-state index in [1.807, 2.05) is 24.5 Å². The van der Waals surface area contributed by atoms with E-state index in [0.29, 0.717) is 44.0 Å². The van der Waals surface area contributed by atoms with Crippen molar-refractivity contribution in [1.82, 2.24) is 24.6 Å².